The topological polar surface area (TPSA) is 58.6 Å². The fraction of sp³-hybridized carbons (Fsp3) is 0.333. The minimum atomic E-state index is -0.851. The minimum absolute atomic E-state index is 0.0674. The molecule has 0 heterocycles. The van der Waals surface area contributed by atoms with Crippen LogP contribution in [-0.2, 0) is 22.6 Å². The molecule has 0 bridgehead atoms. The van der Waals surface area contributed by atoms with Gasteiger partial charge in [0.05, 0.1) is 5.02 Å². The second kappa shape index (κ2) is 13.8. The van der Waals surface area contributed by atoms with Gasteiger partial charge in [0.25, 0.3) is 5.91 Å². The number of amides is 2. The van der Waals surface area contributed by atoms with Gasteiger partial charge in [0.1, 0.15) is 17.6 Å². The molecule has 1 aliphatic carbocycles. The fourth-order valence-corrected chi connectivity index (χ4v) is 5.45. The van der Waals surface area contributed by atoms with Crippen LogP contribution >= 0.6 is 27.5 Å². The summed E-state index contributed by atoms with van der Waals surface area (Å²) in [4.78, 5) is 28.8. The summed E-state index contributed by atoms with van der Waals surface area (Å²) in [6.07, 6.45) is 5.40. The lowest BCUT2D eigenvalue weighted by Gasteiger charge is -2.33. The van der Waals surface area contributed by atoms with Gasteiger partial charge in [-0.3, -0.25) is 9.59 Å². The standard InChI is InChI=1S/C30H31BrClFN2O3/c31-23-15-16-28(25(32)18-23)38-20-29(36)35(19-22-11-7-8-14-26(22)33)27(17-21-9-3-1-4-10-21)30(37)34-24-12-5-2-6-13-24/h1,3-4,7-11,14-16,18,24,27H,2,5-6,12-13,17,19-20H2,(H,34,37). The number of carbonyl (C=O) groups excluding carboxylic acids is 2. The third kappa shape index (κ3) is 7.81. The van der Waals surface area contributed by atoms with E-state index in [1.165, 1.54) is 11.0 Å². The van der Waals surface area contributed by atoms with Crippen LogP contribution in [0.1, 0.15) is 43.2 Å². The SMILES string of the molecule is O=C(NC1CCCCC1)C(Cc1ccccc1)N(Cc1ccccc1F)C(=O)COc1ccc(Br)cc1Cl. The van der Waals surface area contributed by atoms with E-state index in [4.69, 9.17) is 16.3 Å². The quantitative estimate of drug-likeness (QED) is 0.281. The first-order chi connectivity index (χ1) is 18.4. The van der Waals surface area contributed by atoms with E-state index in [9.17, 15) is 14.0 Å². The highest BCUT2D eigenvalue weighted by molar-refractivity contribution is 9.10. The summed E-state index contributed by atoms with van der Waals surface area (Å²) in [6, 6.07) is 20.1. The molecule has 1 N–H and O–H groups in total. The van der Waals surface area contributed by atoms with Gasteiger partial charge >= 0.3 is 0 Å². The van der Waals surface area contributed by atoms with Gasteiger partial charge in [0, 0.05) is 29.0 Å². The molecule has 0 spiro atoms. The maximum atomic E-state index is 14.7. The van der Waals surface area contributed by atoms with Crippen LogP contribution in [0.3, 0.4) is 0 Å². The summed E-state index contributed by atoms with van der Waals surface area (Å²) in [5.74, 6) is -0.771. The zero-order valence-electron chi connectivity index (χ0n) is 21.0. The van der Waals surface area contributed by atoms with Gasteiger partial charge in [0.15, 0.2) is 6.61 Å². The molecule has 0 aliphatic heterocycles. The van der Waals surface area contributed by atoms with E-state index in [1.807, 2.05) is 30.3 Å². The molecule has 1 unspecified atom stereocenters. The molecular weight excluding hydrogens is 571 g/mol. The lowest BCUT2D eigenvalue weighted by atomic mass is 9.94. The Hall–Kier alpha value is -2.90. The lowest BCUT2D eigenvalue weighted by Crippen LogP contribution is -2.53. The third-order valence-corrected chi connectivity index (χ3v) is 7.55. The number of rotatable bonds is 10. The summed E-state index contributed by atoms with van der Waals surface area (Å²) in [6.45, 7) is -0.420. The normalized spacial score (nSPS) is 14.5. The van der Waals surface area contributed by atoms with E-state index in [1.54, 1.807) is 36.4 Å². The second-order valence-corrected chi connectivity index (χ2v) is 10.8. The average Bonchev–Trinajstić information content (AvgIpc) is 2.92. The largest absolute Gasteiger partial charge is 0.482 e. The van der Waals surface area contributed by atoms with Crippen LogP contribution in [0, 0.1) is 5.82 Å². The van der Waals surface area contributed by atoms with Crippen molar-refractivity contribution in [2.45, 2.75) is 57.2 Å². The molecule has 1 fully saturated rings. The number of hydrogen-bond acceptors (Lipinski definition) is 3. The van der Waals surface area contributed by atoms with Crippen LogP contribution in [0.2, 0.25) is 5.02 Å². The number of nitrogens with zero attached hydrogens (tertiary/aromatic N) is 1. The highest BCUT2D eigenvalue weighted by atomic mass is 79.9. The van der Waals surface area contributed by atoms with Gasteiger partial charge in [-0.1, -0.05) is 95.3 Å². The number of nitrogens with one attached hydrogen (secondary N) is 1. The first-order valence-corrected chi connectivity index (χ1v) is 14.0. The Labute approximate surface area is 236 Å². The molecule has 1 aliphatic rings. The van der Waals surface area contributed by atoms with Crippen molar-refractivity contribution in [3.8, 4) is 5.75 Å². The molecule has 5 nitrogen and oxygen atoms in total. The second-order valence-electron chi connectivity index (χ2n) is 9.53. The Bertz CT molecular complexity index is 1240. The molecule has 1 atom stereocenters. The molecule has 0 saturated heterocycles. The summed E-state index contributed by atoms with van der Waals surface area (Å²) in [5, 5.41) is 3.52. The molecule has 0 aromatic heterocycles. The Balaban J connectivity index is 1.62. The maximum Gasteiger partial charge on any atom is 0.261 e. The molecule has 3 aromatic carbocycles. The summed E-state index contributed by atoms with van der Waals surface area (Å²) in [5.41, 5.74) is 1.23. The highest BCUT2D eigenvalue weighted by Crippen LogP contribution is 2.28. The molecule has 2 amide bonds. The molecule has 8 heteroatoms. The van der Waals surface area contributed by atoms with Crippen LogP contribution in [-0.4, -0.2) is 35.4 Å². The van der Waals surface area contributed by atoms with Crippen LogP contribution in [0.15, 0.2) is 77.3 Å². The van der Waals surface area contributed by atoms with Crippen molar-refractivity contribution in [2.75, 3.05) is 6.61 Å². The van der Waals surface area contributed by atoms with Gasteiger partial charge in [-0.05, 0) is 42.7 Å². The molecule has 4 rings (SSSR count). The Kier molecular flexibility index (Phi) is 10.2. The average molecular weight is 602 g/mol. The molecule has 1 saturated carbocycles. The summed E-state index contributed by atoms with van der Waals surface area (Å²) >= 11 is 9.63. The number of ether oxygens (including phenoxy) is 1. The van der Waals surface area contributed by atoms with Gasteiger partial charge in [0.2, 0.25) is 5.91 Å². The van der Waals surface area contributed by atoms with E-state index in [2.05, 4.69) is 21.2 Å². The van der Waals surface area contributed by atoms with Crippen molar-refractivity contribution < 1.29 is 18.7 Å². The minimum Gasteiger partial charge on any atom is -0.482 e. The van der Waals surface area contributed by atoms with E-state index < -0.39 is 17.8 Å². The molecule has 3 aromatic rings. The van der Waals surface area contributed by atoms with Crippen LogP contribution in [0.4, 0.5) is 4.39 Å². The van der Waals surface area contributed by atoms with Crippen LogP contribution in [0.25, 0.3) is 0 Å². The lowest BCUT2D eigenvalue weighted by molar-refractivity contribution is -0.143. The summed E-state index contributed by atoms with van der Waals surface area (Å²) < 4.78 is 21.3. The van der Waals surface area contributed by atoms with Gasteiger partial charge in [-0.2, -0.15) is 0 Å². The predicted molar refractivity (Wildman–Crippen MR) is 151 cm³/mol. The van der Waals surface area contributed by atoms with Crippen molar-refractivity contribution in [3.05, 3.63) is 99.2 Å². The molecular formula is C30H31BrClFN2O3. The molecule has 0 radical (unpaired) electrons. The van der Waals surface area contributed by atoms with Gasteiger partial charge in [-0.25, -0.2) is 4.39 Å². The first kappa shape index (κ1) is 28.1. The Morgan fingerprint density at radius 2 is 1.74 bits per heavy atom. The molecule has 38 heavy (non-hydrogen) atoms. The van der Waals surface area contributed by atoms with Crippen molar-refractivity contribution in [1.82, 2.24) is 10.2 Å². The highest BCUT2D eigenvalue weighted by Gasteiger charge is 2.32. The summed E-state index contributed by atoms with van der Waals surface area (Å²) in [7, 11) is 0. The van der Waals surface area contributed by atoms with Crippen molar-refractivity contribution >= 4 is 39.3 Å². The number of hydrogen-bond donors (Lipinski definition) is 1. The first-order valence-electron chi connectivity index (χ1n) is 12.9. The zero-order valence-corrected chi connectivity index (χ0v) is 23.4. The van der Waals surface area contributed by atoms with Crippen molar-refractivity contribution in [3.63, 3.8) is 0 Å². The van der Waals surface area contributed by atoms with Gasteiger partial charge < -0.3 is 15.0 Å². The van der Waals surface area contributed by atoms with E-state index in [-0.39, 0.29) is 25.1 Å². The predicted octanol–water partition coefficient (Wildman–Crippen LogP) is 6.71. The number of carbonyl (C=O) groups is 2. The number of benzene rings is 3. The fourth-order valence-electron chi connectivity index (χ4n) is 4.72. The van der Waals surface area contributed by atoms with E-state index in [0.29, 0.717) is 22.8 Å². The van der Waals surface area contributed by atoms with E-state index >= 15 is 0 Å². The van der Waals surface area contributed by atoms with Gasteiger partial charge in [-0.15, -0.1) is 0 Å². The third-order valence-electron chi connectivity index (χ3n) is 6.77. The van der Waals surface area contributed by atoms with Crippen LogP contribution in [0.5, 0.6) is 5.75 Å². The monoisotopic (exact) mass is 600 g/mol. The van der Waals surface area contributed by atoms with Crippen molar-refractivity contribution in [1.29, 1.82) is 0 Å². The number of halogens is 3. The van der Waals surface area contributed by atoms with Crippen molar-refractivity contribution in [2.24, 2.45) is 0 Å². The Morgan fingerprint density at radius 3 is 2.45 bits per heavy atom. The molecule has 200 valence electrons. The maximum absolute atomic E-state index is 14.7. The van der Waals surface area contributed by atoms with Crippen LogP contribution < -0.4 is 10.1 Å². The zero-order chi connectivity index (χ0) is 26.9. The Morgan fingerprint density at radius 1 is 1.03 bits per heavy atom. The van der Waals surface area contributed by atoms with E-state index in [0.717, 1.165) is 42.1 Å². The smallest absolute Gasteiger partial charge is 0.261 e.